The van der Waals surface area contributed by atoms with E-state index in [1.54, 1.807) is 11.3 Å². The van der Waals surface area contributed by atoms with E-state index in [0.29, 0.717) is 0 Å². The molecule has 0 saturated heterocycles. The first-order valence-corrected chi connectivity index (χ1v) is 7.11. The van der Waals surface area contributed by atoms with Gasteiger partial charge in [-0.3, -0.25) is 0 Å². The highest BCUT2D eigenvalue weighted by atomic mass is 35.5. The minimum absolute atomic E-state index is 0.232. The number of nitrogens with two attached hydrogens (primary N) is 1. The second kappa shape index (κ2) is 5.03. The Bertz CT molecular complexity index is 524. The lowest BCUT2D eigenvalue weighted by atomic mass is 10.00. The van der Waals surface area contributed by atoms with Gasteiger partial charge in [0.05, 0.1) is 16.7 Å². The van der Waals surface area contributed by atoms with Gasteiger partial charge in [0.1, 0.15) is 0 Å². The minimum atomic E-state index is -0.232. The predicted octanol–water partition coefficient (Wildman–Crippen LogP) is 3.49. The fourth-order valence-electron chi connectivity index (χ4n) is 1.97. The largest absolute Gasteiger partial charge is 0.327 e. The summed E-state index contributed by atoms with van der Waals surface area (Å²) in [6.45, 7) is 6.20. The van der Waals surface area contributed by atoms with E-state index < -0.39 is 0 Å². The van der Waals surface area contributed by atoms with Crippen LogP contribution >= 0.6 is 22.9 Å². The van der Waals surface area contributed by atoms with Crippen molar-refractivity contribution in [2.75, 3.05) is 0 Å². The number of hydrogen-bond donors (Lipinski definition) is 1. The zero-order chi connectivity index (χ0) is 13.3. The van der Waals surface area contributed by atoms with Crippen molar-refractivity contribution in [1.82, 2.24) is 9.55 Å². The first-order valence-electron chi connectivity index (χ1n) is 5.91. The average Bonchev–Trinajstić information content (AvgIpc) is 2.84. The van der Waals surface area contributed by atoms with Crippen LogP contribution in [0.3, 0.4) is 0 Å². The van der Waals surface area contributed by atoms with E-state index >= 15 is 0 Å². The molecule has 1 atom stereocenters. The van der Waals surface area contributed by atoms with Crippen LogP contribution in [0.1, 0.15) is 37.4 Å². The standard InChI is InChI=1S/C13H18ClN3S/c1-9(11-4-5-12(14)18-11)17-8-16-7-10(17)6-13(2,3)15/h4-5,7-9H,6,15H2,1-3H3. The molecule has 0 amide bonds. The maximum absolute atomic E-state index is 6.08. The molecule has 0 aliphatic heterocycles. The minimum Gasteiger partial charge on any atom is -0.327 e. The molecule has 98 valence electrons. The van der Waals surface area contributed by atoms with Crippen LogP contribution in [0.5, 0.6) is 0 Å². The second-order valence-electron chi connectivity index (χ2n) is 5.28. The van der Waals surface area contributed by atoms with Crippen LogP contribution < -0.4 is 5.73 Å². The van der Waals surface area contributed by atoms with Gasteiger partial charge in [-0.25, -0.2) is 4.98 Å². The Morgan fingerprint density at radius 1 is 1.50 bits per heavy atom. The number of hydrogen-bond acceptors (Lipinski definition) is 3. The van der Waals surface area contributed by atoms with Gasteiger partial charge in [0, 0.05) is 28.7 Å². The van der Waals surface area contributed by atoms with Crippen molar-refractivity contribution in [2.45, 2.75) is 38.8 Å². The number of halogens is 1. The molecular formula is C13H18ClN3S. The smallest absolute Gasteiger partial charge is 0.0954 e. The van der Waals surface area contributed by atoms with Crippen molar-refractivity contribution in [2.24, 2.45) is 5.73 Å². The number of imidazole rings is 1. The Hall–Kier alpha value is -0.840. The summed E-state index contributed by atoms with van der Waals surface area (Å²) in [4.78, 5) is 5.47. The van der Waals surface area contributed by atoms with Crippen molar-refractivity contribution in [3.63, 3.8) is 0 Å². The van der Waals surface area contributed by atoms with E-state index in [4.69, 9.17) is 17.3 Å². The number of nitrogens with zero attached hydrogens (tertiary/aromatic N) is 2. The van der Waals surface area contributed by atoms with Crippen LogP contribution in [0.2, 0.25) is 4.34 Å². The van der Waals surface area contributed by atoms with Gasteiger partial charge in [-0.1, -0.05) is 11.6 Å². The molecule has 5 heteroatoms. The number of thiophene rings is 1. The maximum Gasteiger partial charge on any atom is 0.0954 e. The average molecular weight is 284 g/mol. The second-order valence-corrected chi connectivity index (χ2v) is 7.02. The maximum atomic E-state index is 6.08. The van der Waals surface area contributed by atoms with E-state index in [1.165, 1.54) is 4.88 Å². The van der Waals surface area contributed by atoms with Crippen LogP contribution in [0, 0.1) is 0 Å². The fourth-order valence-corrected chi connectivity index (χ4v) is 3.09. The number of aromatic nitrogens is 2. The van der Waals surface area contributed by atoms with Gasteiger partial charge in [0.25, 0.3) is 0 Å². The molecule has 3 nitrogen and oxygen atoms in total. The van der Waals surface area contributed by atoms with Gasteiger partial charge in [0.15, 0.2) is 0 Å². The molecule has 0 saturated carbocycles. The normalized spacial score (nSPS) is 13.8. The molecule has 0 aromatic carbocycles. The van der Waals surface area contributed by atoms with Crippen LogP contribution in [-0.2, 0) is 6.42 Å². The number of rotatable bonds is 4. The molecule has 2 aromatic rings. The van der Waals surface area contributed by atoms with E-state index in [1.807, 2.05) is 32.4 Å². The molecule has 2 rings (SSSR count). The summed E-state index contributed by atoms with van der Waals surface area (Å²) >= 11 is 7.59. The highest BCUT2D eigenvalue weighted by Crippen LogP contribution is 2.30. The lowest BCUT2D eigenvalue weighted by Gasteiger charge is -2.21. The first kappa shape index (κ1) is 13.6. The Kier molecular flexibility index (Phi) is 3.80. The van der Waals surface area contributed by atoms with Crippen molar-refractivity contribution in [3.05, 3.63) is 39.6 Å². The molecule has 0 fully saturated rings. The molecule has 0 radical (unpaired) electrons. The summed E-state index contributed by atoms with van der Waals surface area (Å²) in [5.74, 6) is 0. The van der Waals surface area contributed by atoms with Gasteiger partial charge in [-0.2, -0.15) is 0 Å². The van der Waals surface area contributed by atoms with Crippen LogP contribution in [0.25, 0.3) is 0 Å². The molecule has 18 heavy (non-hydrogen) atoms. The van der Waals surface area contributed by atoms with Gasteiger partial charge in [-0.05, 0) is 32.9 Å². The molecular weight excluding hydrogens is 266 g/mol. The monoisotopic (exact) mass is 283 g/mol. The summed E-state index contributed by atoms with van der Waals surface area (Å²) in [5.41, 5.74) is 7.00. The third-order valence-electron chi connectivity index (χ3n) is 2.81. The highest BCUT2D eigenvalue weighted by Gasteiger charge is 2.18. The van der Waals surface area contributed by atoms with Gasteiger partial charge in [0.2, 0.25) is 0 Å². The van der Waals surface area contributed by atoms with Crippen molar-refractivity contribution in [1.29, 1.82) is 0 Å². The lowest BCUT2D eigenvalue weighted by Crippen LogP contribution is -2.35. The molecule has 0 aliphatic rings. The molecule has 0 spiro atoms. The Labute approximate surface area is 117 Å². The Morgan fingerprint density at radius 3 is 2.78 bits per heavy atom. The summed E-state index contributed by atoms with van der Waals surface area (Å²) in [6.07, 6.45) is 4.55. The van der Waals surface area contributed by atoms with Crippen molar-refractivity contribution >= 4 is 22.9 Å². The quantitative estimate of drug-likeness (QED) is 0.933. The van der Waals surface area contributed by atoms with Gasteiger partial charge >= 0.3 is 0 Å². The van der Waals surface area contributed by atoms with Crippen molar-refractivity contribution in [3.8, 4) is 0 Å². The van der Waals surface area contributed by atoms with Crippen LogP contribution in [0.15, 0.2) is 24.7 Å². The first-order chi connectivity index (χ1) is 8.37. The SMILES string of the molecule is CC(c1ccc(Cl)s1)n1cncc1CC(C)(C)N. The van der Waals surface area contributed by atoms with E-state index in [2.05, 4.69) is 22.5 Å². The zero-order valence-corrected chi connectivity index (χ0v) is 12.4. The molecule has 2 aromatic heterocycles. The van der Waals surface area contributed by atoms with Gasteiger partial charge in [-0.15, -0.1) is 11.3 Å². The lowest BCUT2D eigenvalue weighted by molar-refractivity contribution is 0.487. The molecule has 2 heterocycles. The van der Waals surface area contributed by atoms with Crippen LogP contribution in [-0.4, -0.2) is 15.1 Å². The summed E-state index contributed by atoms with van der Waals surface area (Å²) < 4.78 is 2.98. The topological polar surface area (TPSA) is 43.8 Å². The third-order valence-corrected chi connectivity index (χ3v) is 4.21. The molecule has 0 aliphatic carbocycles. The van der Waals surface area contributed by atoms with E-state index in [0.717, 1.165) is 16.5 Å². The third kappa shape index (κ3) is 3.13. The molecule has 2 N–H and O–H groups in total. The fraction of sp³-hybridized carbons (Fsp3) is 0.462. The summed E-state index contributed by atoms with van der Waals surface area (Å²) in [6, 6.07) is 4.23. The zero-order valence-electron chi connectivity index (χ0n) is 10.9. The van der Waals surface area contributed by atoms with Gasteiger partial charge < -0.3 is 10.3 Å². The Balaban J connectivity index is 2.26. The Morgan fingerprint density at radius 2 is 2.22 bits per heavy atom. The summed E-state index contributed by atoms with van der Waals surface area (Å²) in [5, 5.41) is 0. The van der Waals surface area contributed by atoms with Crippen LogP contribution in [0.4, 0.5) is 0 Å². The van der Waals surface area contributed by atoms with Crippen molar-refractivity contribution < 1.29 is 0 Å². The highest BCUT2D eigenvalue weighted by molar-refractivity contribution is 7.16. The molecule has 1 unspecified atom stereocenters. The van der Waals surface area contributed by atoms with E-state index in [-0.39, 0.29) is 11.6 Å². The predicted molar refractivity (Wildman–Crippen MR) is 77.3 cm³/mol. The van der Waals surface area contributed by atoms with E-state index in [9.17, 15) is 0 Å². The summed E-state index contributed by atoms with van der Waals surface area (Å²) in [7, 11) is 0. The molecule has 0 bridgehead atoms.